The summed E-state index contributed by atoms with van der Waals surface area (Å²) in [6, 6.07) is 20.3. The summed E-state index contributed by atoms with van der Waals surface area (Å²) in [7, 11) is 1.99. The van der Waals surface area contributed by atoms with E-state index in [0.29, 0.717) is 0 Å². The van der Waals surface area contributed by atoms with Crippen molar-refractivity contribution in [1.29, 1.82) is 0 Å². The molecule has 2 heterocycles. The van der Waals surface area contributed by atoms with E-state index in [4.69, 9.17) is 4.98 Å². The highest BCUT2D eigenvalue weighted by Gasteiger charge is 2.17. The number of benzene rings is 2. The van der Waals surface area contributed by atoms with Crippen molar-refractivity contribution in [3.63, 3.8) is 0 Å². The predicted molar refractivity (Wildman–Crippen MR) is 103 cm³/mol. The number of rotatable bonds is 4. The highest BCUT2D eigenvalue weighted by molar-refractivity contribution is 7.98. The summed E-state index contributed by atoms with van der Waals surface area (Å²) < 4.78 is 1.80. The van der Waals surface area contributed by atoms with Gasteiger partial charge in [-0.15, -0.1) is 0 Å². The molecule has 124 valence electrons. The van der Waals surface area contributed by atoms with Crippen LogP contribution >= 0.6 is 11.8 Å². The van der Waals surface area contributed by atoms with Gasteiger partial charge in [0, 0.05) is 18.3 Å². The van der Waals surface area contributed by atoms with Crippen molar-refractivity contribution in [2.24, 2.45) is 0 Å². The molecule has 0 bridgehead atoms. The minimum Gasteiger partial charge on any atom is -0.313 e. The third kappa shape index (κ3) is 2.85. The number of para-hydroxylation sites is 1. The van der Waals surface area contributed by atoms with E-state index in [1.165, 1.54) is 11.8 Å². The van der Waals surface area contributed by atoms with Crippen molar-refractivity contribution in [2.75, 3.05) is 18.2 Å². The summed E-state index contributed by atoms with van der Waals surface area (Å²) in [5.74, 6) is 0.739. The first-order chi connectivity index (χ1) is 12.3. The van der Waals surface area contributed by atoms with Crippen LogP contribution in [0.15, 0.2) is 72.0 Å². The molecule has 0 fully saturated rings. The zero-order chi connectivity index (χ0) is 17.2. The number of hydrogen-bond acceptors (Lipinski definition) is 5. The van der Waals surface area contributed by atoms with Crippen molar-refractivity contribution in [2.45, 2.75) is 5.16 Å². The van der Waals surface area contributed by atoms with E-state index < -0.39 is 0 Å². The number of nitrogens with zero attached hydrogens (tertiary/aromatic N) is 5. The Kier molecular flexibility index (Phi) is 4.11. The van der Waals surface area contributed by atoms with Crippen LogP contribution in [0.1, 0.15) is 0 Å². The molecule has 0 N–H and O–H groups in total. The van der Waals surface area contributed by atoms with Crippen LogP contribution in [0.25, 0.3) is 16.8 Å². The van der Waals surface area contributed by atoms with Crippen molar-refractivity contribution in [3.05, 3.63) is 66.9 Å². The van der Waals surface area contributed by atoms with E-state index in [2.05, 4.69) is 22.2 Å². The molecule has 0 radical (unpaired) electrons. The first-order valence-electron chi connectivity index (χ1n) is 7.92. The fourth-order valence-electron chi connectivity index (χ4n) is 2.74. The molecule has 6 heteroatoms. The monoisotopic (exact) mass is 347 g/mol. The molecule has 0 saturated carbocycles. The molecule has 4 rings (SSSR count). The number of fused-ring (bicyclic) bond motifs is 1. The zero-order valence-electron chi connectivity index (χ0n) is 14.0. The van der Waals surface area contributed by atoms with E-state index in [9.17, 15) is 0 Å². The lowest BCUT2D eigenvalue weighted by Crippen LogP contribution is -2.17. The van der Waals surface area contributed by atoms with Crippen molar-refractivity contribution < 1.29 is 0 Å². The lowest BCUT2D eigenvalue weighted by Gasteiger charge is -2.19. The summed E-state index contributed by atoms with van der Waals surface area (Å²) in [6.45, 7) is 0. The Morgan fingerprint density at radius 2 is 1.60 bits per heavy atom. The fourth-order valence-corrected chi connectivity index (χ4v) is 3.09. The molecule has 4 aromatic rings. The largest absolute Gasteiger partial charge is 0.313 e. The predicted octanol–water partition coefficient (Wildman–Crippen LogP) is 4.28. The van der Waals surface area contributed by atoms with Crippen LogP contribution < -0.4 is 4.90 Å². The molecule has 2 aromatic heterocycles. The highest BCUT2D eigenvalue weighted by atomic mass is 32.2. The van der Waals surface area contributed by atoms with E-state index in [-0.39, 0.29) is 0 Å². The second-order valence-corrected chi connectivity index (χ2v) is 6.34. The van der Waals surface area contributed by atoms with E-state index in [1.54, 1.807) is 4.52 Å². The highest BCUT2D eigenvalue weighted by Crippen LogP contribution is 2.29. The molecular formula is C19H17N5S. The van der Waals surface area contributed by atoms with E-state index in [0.717, 1.165) is 33.6 Å². The summed E-state index contributed by atoms with van der Waals surface area (Å²) in [5.41, 5.74) is 3.95. The molecule has 0 spiro atoms. The first kappa shape index (κ1) is 15.7. The third-order valence-electron chi connectivity index (χ3n) is 4.04. The molecular weight excluding hydrogens is 330 g/mol. The minimum absolute atomic E-state index is 0.725. The Balaban J connectivity index is 1.92. The zero-order valence-corrected chi connectivity index (χ0v) is 14.8. The van der Waals surface area contributed by atoms with Gasteiger partial charge < -0.3 is 4.90 Å². The maximum absolute atomic E-state index is 4.69. The molecule has 0 aliphatic carbocycles. The number of hydrogen-bond donors (Lipinski definition) is 0. The quantitative estimate of drug-likeness (QED) is 0.516. The summed E-state index contributed by atoms with van der Waals surface area (Å²) in [5, 5.41) is 5.28. The molecule has 0 saturated heterocycles. The topological polar surface area (TPSA) is 46.3 Å². The molecule has 0 unspecified atom stereocenters. The van der Waals surface area contributed by atoms with Gasteiger partial charge in [-0.2, -0.15) is 14.6 Å². The van der Waals surface area contributed by atoms with E-state index >= 15 is 0 Å². The Bertz CT molecular complexity index is 998. The van der Waals surface area contributed by atoms with Crippen LogP contribution in [0, 0.1) is 0 Å². The smallest absolute Gasteiger partial charge is 0.235 e. The number of anilines is 2. The fraction of sp³-hybridized carbons (Fsp3) is 0.105. The van der Waals surface area contributed by atoms with Gasteiger partial charge in [0.2, 0.25) is 5.95 Å². The molecule has 2 aromatic carbocycles. The minimum atomic E-state index is 0.725. The van der Waals surface area contributed by atoms with Crippen molar-refractivity contribution >= 4 is 29.0 Å². The molecule has 5 nitrogen and oxygen atoms in total. The standard InChI is InChI=1S/C19H17N5S/c1-23(15-11-7-4-8-12-15)19-22-18(25-2)21-17-16(13-20-24(17)19)14-9-5-3-6-10-14/h3-13H,1-2H3. The maximum Gasteiger partial charge on any atom is 0.235 e. The van der Waals surface area contributed by atoms with Gasteiger partial charge in [-0.05, 0) is 24.0 Å². The van der Waals surface area contributed by atoms with Gasteiger partial charge in [0.15, 0.2) is 10.8 Å². The van der Waals surface area contributed by atoms with Gasteiger partial charge in [-0.1, -0.05) is 60.3 Å². The molecule has 0 aliphatic rings. The average molecular weight is 347 g/mol. The van der Waals surface area contributed by atoms with Crippen molar-refractivity contribution in [3.8, 4) is 11.1 Å². The van der Waals surface area contributed by atoms with Gasteiger partial charge >= 0.3 is 0 Å². The van der Waals surface area contributed by atoms with Crippen LogP contribution in [0.4, 0.5) is 11.6 Å². The van der Waals surface area contributed by atoms with Gasteiger partial charge in [0.1, 0.15) is 0 Å². The van der Waals surface area contributed by atoms with Gasteiger partial charge in [0.25, 0.3) is 0 Å². The van der Waals surface area contributed by atoms with Crippen LogP contribution in [0.2, 0.25) is 0 Å². The van der Waals surface area contributed by atoms with Gasteiger partial charge in [-0.3, -0.25) is 0 Å². The van der Waals surface area contributed by atoms with Crippen LogP contribution in [0.5, 0.6) is 0 Å². The summed E-state index contributed by atoms with van der Waals surface area (Å²) >= 11 is 1.53. The molecule has 0 aliphatic heterocycles. The summed E-state index contributed by atoms with van der Waals surface area (Å²) in [6.07, 6.45) is 3.84. The first-order valence-corrected chi connectivity index (χ1v) is 9.14. The Morgan fingerprint density at radius 3 is 2.28 bits per heavy atom. The second kappa shape index (κ2) is 6.57. The Labute approximate surface area is 150 Å². The molecule has 25 heavy (non-hydrogen) atoms. The molecule has 0 atom stereocenters. The Hall–Kier alpha value is -2.86. The SMILES string of the molecule is CSc1nc(N(C)c2ccccc2)n2ncc(-c3ccccc3)c2n1. The van der Waals surface area contributed by atoms with Crippen LogP contribution in [-0.2, 0) is 0 Å². The normalized spacial score (nSPS) is 11.0. The van der Waals surface area contributed by atoms with Crippen molar-refractivity contribution in [1.82, 2.24) is 19.6 Å². The number of thioether (sulfide) groups is 1. The molecule has 0 amide bonds. The lowest BCUT2D eigenvalue weighted by atomic mass is 10.1. The summed E-state index contributed by atoms with van der Waals surface area (Å²) in [4.78, 5) is 11.4. The lowest BCUT2D eigenvalue weighted by molar-refractivity contribution is 0.816. The van der Waals surface area contributed by atoms with E-state index in [1.807, 2.05) is 72.9 Å². The van der Waals surface area contributed by atoms with Crippen LogP contribution in [0.3, 0.4) is 0 Å². The maximum atomic E-state index is 4.69. The van der Waals surface area contributed by atoms with Gasteiger partial charge in [0.05, 0.1) is 6.20 Å². The number of aromatic nitrogens is 4. The average Bonchev–Trinajstić information content (AvgIpc) is 3.12. The third-order valence-corrected chi connectivity index (χ3v) is 4.59. The Morgan fingerprint density at radius 1 is 0.920 bits per heavy atom. The van der Waals surface area contributed by atoms with Crippen LogP contribution in [-0.4, -0.2) is 32.9 Å². The van der Waals surface area contributed by atoms with Gasteiger partial charge in [-0.25, -0.2) is 4.98 Å². The second-order valence-electron chi connectivity index (χ2n) is 5.56.